The number of esters is 1. The molecular formula is C10H19N3O4S2. The molecule has 0 radical (unpaired) electrons. The van der Waals surface area contributed by atoms with Gasteiger partial charge in [-0.2, -0.15) is 0 Å². The van der Waals surface area contributed by atoms with Gasteiger partial charge >= 0.3 is 5.97 Å². The molecule has 3 N–H and O–H groups in total. The van der Waals surface area contributed by atoms with Gasteiger partial charge in [-0.05, 0) is 37.1 Å². The number of carbonyl (C=O) groups is 2. The highest BCUT2D eigenvalue weighted by Gasteiger charge is 2.25. The molecule has 0 aromatic rings. The molecule has 0 saturated carbocycles. The van der Waals surface area contributed by atoms with Crippen LogP contribution in [0.15, 0.2) is 0 Å². The van der Waals surface area contributed by atoms with Gasteiger partial charge < -0.3 is 19.9 Å². The van der Waals surface area contributed by atoms with E-state index in [0.717, 1.165) is 25.9 Å². The number of hydrogen-bond acceptors (Lipinski definition) is 5. The molecule has 0 aromatic carbocycles. The zero-order valence-electron chi connectivity index (χ0n) is 10.8. The summed E-state index contributed by atoms with van der Waals surface area (Å²) < 4.78 is 15.6. The van der Waals surface area contributed by atoms with E-state index >= 15 is 0 Å². The van der Waals surface area contributed by atoms with Crippen molar-refractivity contribution in [3.05, 3.63) is 0 Å². The van der Waals surface area contributed by atoms with Gasteiger partial charge in [0.1, 0.15) is 6.54 Å². The smallest absolute Gasteiger partial charge is 0.325 e. The summed E-state index contributed by atoms with van der Waals surface area (Å²) in [6.45, 7) is 1.51. The summed E-state index contributed by atoms with van der Waals surface area (Å²) in [7, 11) is -0.122. The molecule has 110 valence electrons. The standard InChI is InChI=1S/C10H19N3O4S2/c1-17-10(15)6-12-9(14)7-13(19(16)18)8-2-4-11-5-3-8/h8,11H,2-7H2,1H3,(H,12,14)(H,16,18). The van der Waals surface area contributed by atoms with Gasteiger partial charge in [-0.1, -0.05) is 0 Å². The fourth-order valence-electron chi connectivity index (χ4n) is 1.85. The van der Waals surface area contributed by atoms with Crippen LogP contribution in [0.3, 0.4) is 0 Å². The van der Waals surface area contributed by atoms with Crippen LogP contribution in [0, 0.1) is 0 Å². The predicted molar refractivity (Wildman–Crippen MR) is 75.0 cm³/mol. The molecule has 0 aromatic heterocycles. The summed E-state index contributed by atoms with van der Waals surface area (Å²) in [6.07, 6.45) is 1.68. The van der Waals surface area contributed by atoms with Crippen molar-refractivity contribution in [1.29, 1.82) is 0 Å². The van der Waals surface area contributed by atoms with Crippen molar-refractivity contribution in [3.8, 4) is 0 Å². The minimum Gasteiger partial charge on any atom is -0.468 e. The summed E-state index contributed by atoms with van der Waals surface area (Å²) >= 11 is 4.88. The Hall–Kier alpha value is -0.610. The zero-order valence-corrected chi connectivity index (χ0v) is 12.4. The lowest BCUT2D eigenvalue weighted by Crippen LogP contribution is -2.48. The Kier molecular flexibility index (Phi) is 7.39. The van der Waals surface area contributed by atoms with Crippen LogP contribution in [0.2, 0.25) is 0 Å². The van der Waals surface area contributed by atoms with Crippen molar-refractivity contribution in [1.82, 2.24) is 14.9 Å². The van der Waals surface area contributed by atoms with Crippen molar-refractivity contribution >= 4 is 33.0 Å². The minimum atomic E-state index is -1.38. The Balaban J connectivity index is 2.46. The first-order chi connectivity index (χ1) is 9.04. The van der Waals surface area contributed by atoms with E-state index in [1.54, 1.807) is 4.31 Å². The molecule has 0 spiro atoms. The number of amides is 1. The third-order valence-electron chi connectivity index (χ3n) is 2.87. The normalized spacial score (nSPS) is 18.1. The van der Waals surface area contributed by atoms with Crippen LogP contribution in [0.25, 0.3) is 0 Å². The summed E-state index contributed by atoms with van der Waals surface area (Å²) in [5.41, 5.74) is 0. The van der Waals surface area contributed by atoms with E-state index in [1.165, 1.54) is 7.11 Å². The van der Waals surface area contributed by atoms with Gasteiger partial charge in [-0.3, -0.25) is 9.59 Å². The molecule has 1 aliphatic heterocycles. The van der Waals surface area contributed by atoms with Gasteiger partial charge in [-0.15, -0.1) is 0 Å². The molecule has 0 aliphatic carbocycles. The van der Waals surface area contributed by atoms with Gasteiger partial charge in [0.2, 0.25) is 5.91 Å². The molecule has 1 saturated heterocycles. The van der Waals surface area contributed by atoms with Crippen LogP contribution in [0.5, 0.6) is 0 Å². The summed E-state index contributed by atoms with van der Waals surface area (Å²) in [5.74, 6) is -0.858. The van der Waals surface area contributed by atoms with E-state index in [1.807, 2.05) is 0 Å². The number of nitrogens with zero attached hydrogens (tertiary/aromatic N) is 1. The van der Waals surface area contributed by atoms with E-state index in [4.69, 9.17) is 11.2 Å². The van der Waals surface area contributed by atoms with Crippen LogP contribution in [-0.2, 0) is 35.4 Å². The van der Waals surface area contributed by atoms with E-state index in [9.17, 15) is 14.1 Å². The summed E-state index contributed by atoms with van der Waals surface area (Å²) in [4.78, 5) is 22.6. The number of methoxy groups -OCH3 is 1. The highest BCUT2D eigenvalue weighted by atomic mass is 32.8. The van der Waals surface area contributed by atoms with Crippen LogP contribution < -0.4 is 10.6 Å². The first kappa shape index (κ1) is 16.4. The average Bonchev–Trinajstić information content (AvgIpc) is 2.42. The van der Waals surface area contributed by atoms with Gasteiger partial charge in [0.05, 0.1) is 23.6 Å². The molecule has 1 heterocycles. The summed E-state index contributed by atoms with van der Waals surface area (Å²) in [6, 6.07) is 0.0935. The largest absolute Gasteiger partial charge is 0.468 e. The number of hydrogen-bond donors (Lipinski definition) is 3. The lowest BCUT2D eigenvalue weighted by Gasteiger charge is -2.32. The van der Waals surface area contributed by atoms with Crippen molar-refractivity contribution < 1.29 is 18.9 Å². The number of carbonyl (C=O) groups excluding carboxylic acids is 2. The highest BCUT2D eigenvalue weighted by molar-refractivity contribution is 8.24. The molecule has 9 heteroatoms. The predicted octanol–water partition coefficient (Wildman–Crippen LogP) is -1.20. The second-order valence-corrected chi connectivity index (χ2v) is 5.96. The van der Waals surface area contributed by atoms with Gasteiger partial charge in [0.15, 0.2) is 0 Å². The molecular weight excluding hydrogens is 290 g/mol. The van der Waals surface area contributed by atoms with Crippen LogP contribution in [0.1, 0.15) is 12.8 Å². The fourth-order valence-corrected chi connectivity index (χ4v) is 3.06. The topological polar surface area (TPSA) is 90.9 Å². The van der Waals surface area contributed by atoms with Crippen LogP contribution in [0.4, 0.5) is 0 Å². The average molecular weight is 309 g/mol. The molecule has 1 rings (SSSR count). The second-order valence-electron chi connectivity index (χ2n) is 4.14. The molecule has 19 heavy (non-hydrogen) atoms. The lowest BCUT2D eigenvalue weighted by atomic mass is 10.1. The van der Waals surface area contributed by atoms with E-state index in [0.29, 0.717) is 0 Å². The highest BCUT2D eigenvalue weighted by Crippen LogP contribution is 2.13. The van der Waals surface area contributed by atoms with Gasteiger partial charge in [0, 0.05) is 6.04 Å². The summed E-state index contributed by atoms with van der Waals surface area (Å²) in [5, 5.41) is 5.64. The lowest BCUT2D eigenvalue weighted by molar-refractivity contribution is -0.141. The third-order valence-corrected chi connectivity index (χ3v) is 4.28. The number of ether oxygens (including phenoxy) is 1. The fraction of sp³-hybridized carbons (Fsp3) is 0.800. The molecule has 1 aliphatic rings. The minimum absolute atomic E-state index is 0.00915. The maximum absolute atomic E-state index is 11.7. The quantitative estimate of drug-likeness (QED) is 0.531. The SMILES string of the molecule is COC(=O)CNC(=O)CN(C1CCNCC1)S(O)=S. The maximum atomic E-state index is 11.7. The monoisotopic (exact) mass is 309 g/mol. The van der Waals surface area contributed by atoms with Crippen molar-refractivity contribution in [3.63, 3.8) is 0 Å². The molecule has 1 fully saturated rings. The Labute approximate surface area is 119 Å². The van der Waals surface area contributed by atoms with Gasteiger partial charge in [-0.25, -0.2) is 4.31 Å². The molecule has 7 nitrogen and oxygen atoms in total. The Bertz CT molecular complexity index is 348. The number of rotatable bonds is 6. The zero-order chi connectivity index (χ0) is 14.3. The molecule has 0 bridgehead atoms. The molecule has 1 amide bonds. The van der Waals surface area contributed by atoms with Crippen molar-refractivity contribution in [2.45, 2.75) is 18.9 Å². The Morgan fingerprint density at radius 3 is 2.68 bits per heavy atom. The molecule has 1 atom stereocenters. The van der Waals surface area contributed by atoms with E-state index in [2.05, 4.69) is 15.4 Å². The molecule has 1 unspecified atom stereocenters. The van der Waals surface area contributed by atoms with Crippen LogP contribution >= 0.6 is 0 Å². The Morgan fingerprint density at radius 1 is 1.53 bits per heavy atom. The van der Waals surface area contributed by atoms with Crippen molar-refractivity contribution in [2.24, 2.45) is 0 Å². The van der Waals surface area contributed by atoms with E-state index < -0.39 is 15.9 Å². The van der Waals surface area contributed by atoms with E-state index in [-0.39, 0.29) is 25.0 Å². The Morgan fingerprint density at radius 2 is 2.16 bits per heavy atom. The third kappa shape index (κ3) is 5.91. The van der Waals surface area contributed by atoms with Crippen molar-refractivity contribution in [2.75, 3.05) is 33.3 Å². The first-order valence-electron chi connectivity index (χ1n) is 5.96. The number of piperidine rings is 1. The van der Waals surface area contributed by atoms with Crippen LogP contribution in [-0.4, -0.2) is 60.1 Å². The maximum Gasteiger partial charge on any atom is 0.325 e. The first-order valence-corrected chi connectivity index (χ1v) is 8.02. The second kappa shape index (κ2) is 8.54. The number of nitrogens with one attached hydrogen (secondary N) is 2. The van der Waals surface area contributed by atoms with Gasteiger partial charge in [0.25, 0.3) is 0 Å².